The van der Waals surface area contributed by atoms with Crippen LogP contribution in [0.25, 0.3) is 0 Å². The minimum atomic E-state index is -0.620. The molecule has 6 heteroatoms. The smallest absolute Gasteiger partial charge is 0.306 e. The van der Waals surface area contributed by atoms with Crippen LogP contribution in [0.4, 0.5) is 0 Å². The molecule has 1 fully saturated rings. The Hall–Kier alpha value is -2.50. The quantitative estimate of drug-likeness (QED) is 0.610. The van der Waals surface area contributed by atoms with Crippen LogP contribution in [0.5, 0.6) is 0 Å². The molecule has 1 heterocycles. The van der Waals surface area contributed by atoms with Crippen molar-refractivity contribution in [2.45, 2.75) is 44.6 Å². The molecule has 0 aromatic heterocycles. The number of carbonyl (C=O) groups excluding carboxylic acids is 4. The molecule has 0 spiro atoms. The largest absolute Gasteiger partial charge is 0.454 e. The Morgan fingerprint density at radius 1 is 1.08 bits per heavy atom. The lowest BCUT2D eigenvalue weighted by Gasteiger charge is -2.20. The number of carbonyl (C=O) groups is 4. The van der Waals surface area contributed by atoms with Crippen LogP contribution in [0, 0.1) is 0 Å². The van der Waals surface area contributed by atoms with E-state index in [2.05, 4.69) is 0 Å². The van der Waals surface area contributed by atoms with Crippen molar-refractivity contribution < 1.29 is 23.9 Å². The number of hydrogen-bond donors (Lipinski definition) is 0. The van der Waals surface area contributed by atoms with Crippen molar-refractivity contribution in [3.63, 3.8) is 0 Å². The zero-order chi connectivity index (χ0) is 17.1. The maximum Gasteiger partial charge on any atom is 0.306 e. The molecule has 1 aliphatic carbocycles. The van der Waals surface area contributed by atoms with Crippen molar-refractivity contribution in [3.05, 3.63) is 35.4 Å². The number of fused-ring (bicyclic) bond motifs is 1. The Bertz CT molecular complexity index is 661. The highest BCUT2D eigenvalue weighted by atomic mass is 16.5. The van der Waals surface area contributed by atoms with Crippen molar-refractivity contribution in [3.8, 4) is 0 Å². The number of nitrogens with zero attached hydrogens (tertiary/aromatic N) is 1. The molecule has 0 saturated heterocycles. The summed E-state index contributed by atoms with van der Waals surface area (Å²) in [6.45, 7) is 0.167. The topological polar surface area (TPSA) is 80.8 Å². The molecular formula is C18H19NO5. The van der Waals surface area contributed by atoms with Crippen molar-refractivity contribution in [1.29, 1.82) is 0 Å². The van der Waals surface area contributed by atoms with Gasteiger partial charge in [0.15, 0.2) is 11.9 Å². The van der Waals surface area contributed by atoms with Gasteiger partial charge in [-0.25, -0.2) is 0 Å². The molecule has 6 nitrogen and oxygen atoms in total. The van der Waals surface area contributed by atoms with Gasteiger partial charge in [0.25, 0.3) is 11.8 Å². The summed E-state index contributed by atoms with van der Waals surface area (Å²) in [5.74, 6) is -1.13. The van der Waals surface area contributed by atoms with Crippen LogP contribution < -0.4 is 0 Å². The van der Waals surface area contributed by atoms with Gasteiger partial charge >= 0.3 is 5.97 Å². The molecule has 2 amide bonds. The van der Waals surface area contributed by atoms with Gasteiger partial charge in [-0.15, -0.1) is 0 Å². The lowest BCUT2D eigenvalue weighted by atomic mass is 9.96. The van der Waals surface area contributed by atoms with E-state index < -0.39 is 12.1 Å². The fourth-order valence-corrected chi connectivity index (χ4v) is 3.12. The maximum atomic E-state index is 12.2. The molecule has 0 radical (unpaired) electrons. The zero-order valence-corrected chi connectivity index (χ0v) is 13.3. The molecule has 0 unspecified atom stereocenters. The third-order valence-corrected chi connectivity index (χ3v) is 4.41. The van der Waals surface area contributed by atoms with E-state index in [1.165, 1.54) is 0 Å². The average Bonchev–Trinajstić information content (AvgIpc) is 2.82. The molecule has 1 saturated carbocycles. The lowest BCUT2D eigenvalue weighted by Crippen LogP contribution is -2.32. The summed E-state index contributed by atoms with van der Waals surface area (Å²) < 4.78 is 5.21. The van der Waals surface area contributed by atoms with E-state index in [9.17, 15) is 19.2 Å². The first-order chi connectivity index (χ1) is 11.6. The minimum absolute atomic E-state index is 0.0186. The van der Waals surface area contributed by atoms with Crippen LogP contribution in [0.1, 0.15) is 59.2 Å². The molecule has 0 N–H and O–H groups in total. The highest BCUT2D eigenvalue weighted by molar-refractivity contribution is 6.21. The average molecular weight is 329 g/mol. The van der Waals surface area contributed by atoms with Crippen LogP contribution in [-0.4, -0.2) is 41.1 Å². The fraction of sp³-hybridized carbons (Fsp3) is 0.444. The van der Waals surface area contributed by atoms with Crippen LogP contribution in [0.3, 0.4) is 0 Å². The molecule has 1 atom stereocenters. The first-order valence-corrected chi connectivity index (χ1v) is 8.25. The first-order valence-electron chi connectivity index (χ1n) is 8.25. The number of rotatable bonds is 5. The van der Waals surface area contributed by atoms with E-state index in [0.717, 1.165) is 17.7 Å². The SMILES string of the molecule is O=C(CCCN1C(=O)c2ccccc2C1=O)O[C@@H]1CCCCC1=O. The van der Waals surface area contributed by atoms with Gasteiger partial charge in [-0.2, -0.15) is 0 Å². The molecule has 1 aromatic carbocycles. The zero-order valence-electron chi connectivity index (χ0n) is 13.3. The Morgan fingerprint density at radius 3 is 2.38 bits per heavy atom. The summed E-state index contributed by atoms with van der Waals surface area (Å²) in [5, 5.41) is 0. The summed E-state index contributed by atoms with van der Waals surface area (Å²) in [7, 11) is 0. The summed E-state index contributed by atoms with van der Waals surface area (Å²) in [6.07, 6.45) is 2.58. The molecule has 24 heavy (non-hydrogen) atoms. The standard InChI is InChI=1S/C18H19NO5/c20-14-8-3-4-9-15(14)24-16(21)10-5-11-19-17(22)12-6-1-2-7-13(12)18(19)23/h1-2,6-7,15H,3-5,8-11H2/t15-/m1/s1. The van der Waals surface area contributed by atoms with Gasteiger partial charge in [0.05, 0.1) is 11.1 Å². The van der Waals surface area contributed by atoms with Crippen molar-refractivity contribution in [1.82, 2.24) is 4.90 Å². The van der Waals surface area contributed by atoms with Crippen molar-refractivity contribution in [2.75, 3.05) is 6.54 Å². The molecule has 126 valence electrons. The van der Waals surface area contributed by atoms with Crippen molar-refractivity contribution in [2.24, 2.45) is 0 Å². The second kappa shape index (κ2) is 6.95. The third-order valence-electron chi connectivity index (χ3n) is 4.41. The highest BCUT2D eigenvalue weighted by Crippen LogP contribution is 2.23. The highest BCUT2D eigenvalue weighted by Gasteiger charge is 2.34. The number of ketones is 1. The van der Waals surface area contributed by atoms with E-state index >= 15 is 0 Å². The molecule has 0 bridgehead atoms. The van der Waals surface area contributed by atoms with Crippen molar-refractivity contribution >= 4 is 23.6 Å². The molecule has 1 aliphatic heterocycles. The van der Waals surface area contributed by atoms with E-state index in [4.69, 9.17) is 4.74 Å². The van der Waals surface area contributed by atoms with E-state index in [1.807, 2.05) is 0 Å². The summed E-state index contributed by atoms with van der Waals surface area (Å²) in [5.41, 5.74) is 0.802. The monoisotopic (exact) mass is 329 g/mol. The predicted molar refractivity (Wildman–Crippen MR) is 84.4 cm³/mol. The summed E-state index contributed by atoms with van der Waals surface area (Å²) >= 11 is 0. The minimum Gasteiger partial charge on any atom is -0.454 e. The second-order valence-electron chi connectivity index (χ2n) is 6.10. The van der Waals surface area contributed by atoms with Gasteiger partial charge in [0.1, 0.15) is 0 Å². The molecule has 3 rings (SSSR count). The predicted octanol–water partition coefficient (Wildman–Crippen LogP) is 2.12. The number of esters is 1. The second-order valence-corrected chi connectivity index (χ2v) is 6.10. The van der Waals surface area contributed by atoms with Gasteiger partial charge < -0.3 is 4.74 Å². The van der Waals surface area contributed by atoms with Gasteiger partial charge in [0, 0.05) is 19.4 Å². The number of benzene rings is 1. The summed E-state index contributed by atoms with van der Waals surface area (Å²) in [4.78, 5) is 49.0. The number of Topliss-reactive ketones (excluding diaryl/α,β-unsaturated/α-hetero) is 1. The Labute approximate surface area is 139 Å². The third kappa shape index (κ3) is 3.22. The van der Waals surface area contributed by atoms with E-state index in [1.54, 1.807) is 24.3 Å². The lowest BCUT2D eigenvalue weighted by molar-refractivity contribution is -0.156. The van der Waals surface area contributed by atoms with E-state index in [-0.39, 0.29) is 30.6 Å². The maximum absolute atomic E-state index is 12.2. The normalized spacial score (nSPS) is 20.2. The molecular weight excluding hydrogens is 310 g/mol. The van der Waals surface area contributed by atoms with Gasteiger partial charge in [-0.3, -0.25) is 24.1 Å². The Morgan fingerprint density at radius 2 is 1.75 bits per heavy atom. The molecule has 2 aliphatic rings. The number of hydrogen-bond acceptors (Lipinski definition) is 5. The van der Waals surface area contributed by atoms with Crippen LogP contribution >= 0.6 is 0 Å². The number of ether oxygens (including phenoxy) is 1. The Kier molecular flexibility index (Phi) is 4.74. The van der Waals surface area contributed by atoms with E-state index in [0.29, 0.717) is 30.4 Å². The Balaban J connectivity index is 1.48. The summed E-state index contributed by atoms with van der Waals surface area (Å²) in [6, 6.07) is 6.68. The first kappa shape index (κ1) is 16.4. The van der Waals surface area contributed by atoms with Gasteiger partial charge in [0.2, 0.25) is 0 Å². The van der Waals surface area contributed by atoms with Crippen LogP contribution in [0.15, 0.2) is 24.3 Å². The van der Waals surface area contributed by atoms with Crippen LogP contribution in [0.2, 0.25) is 0 Å². The fourth-order valence-electron chi connectivity index (χ4n) is 3.12. The van der Waals surface area contributed by atoms with Gasteiger partial charge in [-0.1, -0.05) is 12.1 Å². The van der Waals surface area contributed by atoms with Crippen LogP contribution in [-0.2, 0) is 14.3 Å². The number of imide groups is 1. The number of amides is 2. The van der Waals surface area contributed by atoms with Gasteiger partial charge in [-0.05, 0) is 37.8 Å². The molecule has 1 aromatic rings.